The maximum Gasteiger partial charge on any atom is 0.151 e. The molecule has 0 N–H and O–H groups in total. The number of carbonyl (C=O) groups excluding carboxylic acids is 1. The van der Waals surface area contributed by atoms with Crippen LogP contribution in [0.25, 0.3) is 0 Å². The molecule has 0 spiro atoms. The van der Waals surface area contributed by atoms with Crippen LogP contribution in [-0.4, -0.2) is 6.29 Å². The van der Waals surface area contributed by atoms with E-state index in [4.69, 9.17) is 6.42 Å². The summed E-state index contributed by atoms with van der Waals surface area (Å²) in [6.07, 6.45) is 6.05. The highest BCUT2D eigenvalue weighted by molar-refractivity contribution is 5.79. The third-order valence-corrected chi connectivity index (χ3v) is 2.02. The van der Waals surface area contributed by atoms with E-state index in [0.717, 1.165) is 11.8 Å². The van der Waals surface area contributed by atoms with Gasteiger partial charge < -0.3 is 0 Å². The predicted octanol–water partition coefficient (Wildman–Crippen LogP) is 2.60. The largest absolute Gasteiger partial charge is 0.298 e. The van der Waals surface area contributed by atoms with Crippen molar-refractivity contribution in [1.29, 1.82) is 0 Å². The van der Waals surface area contributed by atoms with Crippen LogP contribution in [0.3, 0.4) is 0 Å². The number of carbonyl (C=O) groups is 1. The summed E-state index contributed by atoms with van der Waals surface area (Å²) >= 11 is 0. The molecule has 0 aliphatic heterocycles. The van der Waals surface area contributed by atoms with Crippen LogP contribution in [0.1, 0.15) is 41.3 Å². The van der Waals surface area contributed by atoms with Gasteiger partial charge in [0.25, 0.3) is 0 Å². The Bertz CT molecular complexity index is 356. The highest BCUT2D eigenvalue weighted by Gasteiger charge is 2.03. The molecule has 0 radical (unpaired) electrons. The molecule has 1 nitrogen and oxygen atoms in total. The van der Waals surface area contributed by atoms with Crippen molar-refractivity contribution in [2.45, 2.75) is 19.8 Å². The van der Waals surface area contributed by atoms with Gasteiger partial charge in [-0.05, 0) is 23.6 Å². The summed E-state index contributed by atoms with van der Waals surface area (Å²) in [5.41, 5.74) is 2.41. The molecular weight excluding hydrogens is 160 g/mol. The Morgan fingerprint density at radius 1 is 1.46 bits per heavy atom. The zero-order valence-electron chi connectivity index (χ0n) is 7.87. The van der Waals surface area contributed by atoms with E-state index in [9.17, 15) is 4.79 Å². The summed E-state index contributed by atoms with van der Waals surface area (Å²) in [7, 11) is 0. The third kappa shape index (κ3) is 1.97. The Balaban J connectivity index is 3.22. The minimum Gasteiger partial charge on any atom is -0.298 e. The van der Waals surface area contributed by atoms with Crippen molar-refractivity contribution >= 4 is 6.29 Å². The maximum atomic E-state index is 10.7. The van der Waals surface area contributed by atoms with Crippen molar-refractivity contribution in [3.05, 3.63) is 34.9 Å². The van der Waals surface area contributed by atoms with Gasteiger partial charge in [-0.25, -0.2) is 0 Å². The zero-order chi connectivity index (χ0) is 9.84. The van der Waals surface area contributed by atoms with Gasteiger partial charge in [-0.3, -0.25) is 4.79 Å². The highest BCUT2D eigenvalue weighted by Crippen LogP contribution is 2.17. The van der Waals surface area contributed by atoms with Gasteiger partial charge in [0.1, 0.15) is 0 Å². The van der Waals surface area contributed by atoms with Crippen molar-refractivity contribution in [2.24, 2.45) is 0 Å². The maximum absolute atomic E-state index is 10.7. The van der Waals surface area contributed by atoms with Crippen LogP contribution in [0.2, 0.25) is 0 Å². The quantitative estimate of drug-likeness (QED) is 0.495. The van der Waals surface area contributed by atoms with Gasteiger partial charge in [0.2, 0.25) is 0 Å². The Morgan fingerprint density at radius 3 is 2.62 bits per heavy atom. The van der Waals surface area contributed by atoms with Crippen LogP contribution in [-0.2, 0) is 0 Å². The molecule has 1 rings (SSSR count). The second kappa shape index (κ2) is 3.91. The molecule has 66 valence electrons. The third-order valence-electron chi connectivity index (χ3n) is 2.02. The monoisotopic (exact) mass is 172 g/mol. The van der Waals surface area contributed by atoms with Gasteiger partial charge >= 0.3 is 0 Å². The van der Waals surface area contributed by atoms with Crippen molar-refractivity contribution in [2.75, 3.05) is 0 Å². The summed E-state index contributed by atoms with van der Waals surface area (Å²) in [4.78, 5) is 10.7. The van der Waals surface area contributed by atoms with Gasteiger partial charge in [0.15, 0.2) is 6.29 Å². The fourth-order valence-corrected chi connectivity index (χ4v) is 1.17. The summed E-state index contributed by atoms with van der Waals surface area (Å²) in [6, 6.07) is 5.64. The van der Waals surface area contributed by atoms with Crippen molar-refractivity contribution in [1.82, 2.24) is 0 Å². The first-order chi connectivity index (χ1) is 6.19. The molecule has 0 bridgehead atoms. The molecule has 1 aromatic rings. The van der Waals surface area contributed by atoms with Crippen molar-refractivity contribution in [3.63, 3.8) is 0 Å². The SMILES string of the molecule is C#Cc1ccc(C(C)C)cc1C=O. The molecule has 0 unspecified atom stereocenters. The molecule has 0 amide bonds. The lowest BCUT2D eigenvalue weighted by atomic mass is 9.98. The number of benzene rings is 1. The molecule has 1 heteroatoms. The van der Waals surface area contributed by atoms with Gasteiger partial charge in [0, 0.05) is 11.1 Å². The molecule has 0 aromatic heterocycles. The molecule has 0 aliphatic rings. The predicted molar refractivity (Wildman–Crippen MR) is 53.9 cm³/mol. The van der Waals surface area contributed by atoms with E-state index in [-0.39, 0.29) is 0 Å². The van der Waals surface area contributed by atoms with E-state index in [2.05, 4.69) is 19.8 Å². The summed E-state index contributed by atoms with van der Waals surface area (Å²) in [5, 5.41) is 0. The fourth-order valence-electron chi connectivity index (χ4n) is 1.17. The molecule has 0 fully saturated rings. The average Bonchev–Trinajstić information content (AvgIpc) is 2.16. The Kier molecular flexibility index (Phi) is 2.87. The zero-order valence-corrected chi connectivity index (χ0v) is 7.87. The number of hydrogen-bond donors (Lipinski definition) is 0. The summed E-state index contributed by atoms with van der Waals surface area (Å²) in [6.45, 7) is 4.17. The van der Waals surface area contributed by atoms with E-state index in [1.165, 1.54) is 0 Å². The Labute approximate surface area is 78.8 Å². The Morgan fingerprint density at radius 2 is 2.15 bits per heavy atom. The fraction of sp³-hybridized carbons (Fsp3) is 0.250. The van der Waals surface area contributed by atoms with Crippen LogP contribution >= 0.6 is 0 Å². The highest BCUT2D eigenvalue weighted by atomic mass is 16.1. The number of terminal acetylenes is 1. The van der Waals surface area contributed by atoms with Crippen molar-refractivity contribution < 1.29 is 4.79 Å². The lowest BCUT2D eigenvalue weighted by Gasteiger charge is -2.06. The van der Waals surface area contributed by atoms with Crippen LogP contribution < -0.4 is 0 Å². The van der Waals surface area contributed by atoms with Gasteiger partial charge in [0.05, 0.1) is 0 Å². The first-order valence-electron chi connectivity index (χ1n) is 4.24. The topological polar surface area (TPSA) is 17.1 Å². The van der Waals surface area contributed by atoms with Crippen LogP contribution in [0, 0.1) is 12.3 Å². The first kappa shape index (κ1) is 9.54. The van der Waals surface area contributed by atoms with E-state index in [1.54, 1.807) is 0 Å². The van der Waals surface area contributed by atoms with E-state index >= 15 is 0 Å². The molecule has 0 aliphatic carbocycles. The molecule has 1 aromatic carbocycles. The van der Waals surface area contributed by atoms with Crippen LogP contribution in [0.5, 0.6) is 0 Å². The molecule has 0 saturated carbocycles. The van der Waals surface area contributed by atoms with Gasteiger partial charge in [-0.1, -0.05) is 25.8 Å². The molecule has 0 atom stereocenters. The second-order valence-corrected chi connectivity index (χ2v) is 3.26. The summed E-state index contributed by atoms with van der Waals surface area (Å²) in [5.74, 6) is 2.90. The van der Waals surface area contributed by atoms with Gasteiger partial charge in [-0.15, -0.1) is 6.42 Å². The first-order valence-corrected chi connectivity index (χ1v) is 4.24. The number of hydrogen-bond acceptors (Lipinski definition) is 1. The van der Waals surface area contributed by atoms with Crippen LogP contribution in [0.4, 0.5) is 0 Å². The smallest absolute Gasteiger partial charge is 0.151 e. The molecule has 0 heterocycles. The van der Waals surface area contributed by atoms with E-state index < -0.39 is 0 Å². The second-order valence-electron chi connectivity index (χ2n) is 3.26. The van der Waals surface area contributed by atoms with Crippen LogP contribution in [0.15, 0.2) is 18.2 Å². The average molecular weight is 172 g/mol. The van der Waals surface area contributed by atoms with Gasteiger partial charge in [-0.2, -0.15) is 0 Å². The van der Waals surface area contributed by atoms with Crippen molar-refractivity contribution in [3.8, 4) is 12.3 Å². The van der Waals surface area contributed by atoms with E-state index in [0.29, 0.717) is 17.0 Å². The lowest BCUT2D eigenvalue weighted by Crippen LogP contribution is -1.93. The molecule has 0 saturated heterocycles. The normalized spacial score (nSPS) is 9.69. The van der Waals surface area contributed by atoms with E-state index in [1.807, 2.05) is 18.2 Å². The molecular formula is C12H12O. The minimum absolute atomic E-state index is 0.422. The lowest BCUT2D eigenvalue weighted by molar-refractivity contribution is 0.112. The number of aldehydes is 1. The summed E-state index contributed by atoms with van der Waals surface area (Å²) < 4.78 is 0. The minimum atomic E-state index is 0.422. The number of rotatable bonds is 2. The molecule has 13 heavy (non-hydrogen) atoms. The Hall–Kier alpha value is -1.55. The standard InChI is InChI=1S/C12H12O/c1-4-10-5-6-11(9(2)3)7-12(10)8-13/h1,5-9H,2-3H3.